The van der Waals surface area contributed by atoms with Gasteiger partial charge in [0.1, 0.15) is 23.0 Å². The van der Waals surface area contributed by atoms with Gasteiger partial charge in [0, 0.05) is 10.8 Å². The van der Waals surface area contributed by atoms with E-state index in [0.717, 1.165) is 57.7 Å². The van der Waals surface area contributed by atoms with Crippen LogP contribution in [0.2, 0.25) is 0 Å². The van der Waals surface area contributed by atoms with Crippen molar-refractivity contribution in [3.63, 3.8) is 0 Å². The van der Waals surface area contributed by atoms with Gasteiger partial charge in [-0.05, 0) is 158 Å². The summed E-state index contributed by atoms with van der Waals surface area (Å²) in [6.07, 6.45) is 1.84. The maximum absolute atomic E-state index is 6.86. The minimum Gasteiger partial charge on any atom is -0.457 e. The Bertz CT molecular complexity index is 2820. The van der Waals surface area contributed by atoms with Gasteiger partial charge in [0.15, 0.2) is 0 Å². The van der Waals surface area contributed by atoms with Crippen molar-refractivity contribution in [3.8, 4) is 45.3 Å². The number of hydrogen-bond acceptors (Lipinski definition) is 2. The summed E-state index contributed by atoms with van der Waals surface area (Å²) in [6, 6.07) is 56.1. The van der Waals surface area contributed by atoms with Gasteiger partial charge in [-0.3, -0.25) is 0 Å². The monoisotopic (exact) mass is 754 g/mol. The molecule has 1 atom stereocenters. The van der Waals surface area contributed by atoms with E-state index in [4.69, 9.17) is 9.47 Å². The van der Waals surface area contributed by atoms with E-state index in [1.54, 1.807) is 0 Å². The molecule has 0 heterocycles. The van der Waals surface area contributed by atoms with Gasteiger partial charge in [0.25, 0.3) is 0 Å². The highest BCUT2D eigenvalue weighted by atomic mass is 16.5. The highest BCUT2D eigenvalue weighted by Crippen LogP contribution is 2.57. The third-order valence-corrected chi connectivity index (χ3v) is 12.0. The lowest BCUT2D eigenvalue weighted by atomic mass is 9.66. The number of hydrogen-bond donors (Lipinski definition) is 0. The van der Waals surface area contributed by atoms with E-state index < -0.39 is 5.41 Å². The first-order valence-electron chi connectivity index (χ1n) is 20.7. The van der Waals surface area contributed by atoms with E-state index in [-0.39, 0.29) is 0 Å². The van der Waals surface area contributed by atoms with Crippen molar-refractivity contribution in [2.24, 2.45) is 0 Å². The van der Waals surface area contributed by atoms with Crippen LogP contribution in [0.1, 0.15) is 75.0 Å². The van der Waals surface area contributed by atoms with Crippen molar-refractivity contribution >= 4 is 10.8 Å². The highest BCUT2D eigenvalue weighted by Gasteiger charge is 2.46. The van der Waals surface area contributed by atoms with Crippen molar-refractivity contribution in [1.29, 1.82) is 0 Å². The predicted molar refractivity (Wildman–Crippen MR) is 242 cm³/mol. The number of aryl methyl sites for hydroxylation is 7. The fourth-order valence-corrected chi connectivity index (χ4v) is 9.09. The van der Waals surface area contributed by atoms with E-state index in [0.29, 0.717) is 0 Å². The molecule has 0 aliphatic heterocycles. The summed E-state index contributed by atoms with van der Waals surface area (Å²) in [4.78, 5) is 0. The van der Waals surface area contributed by atoms with Crippen molar-refractivity contribution in [1.82, 2.24) is 0 Å². The molecule has 0 aromatic heterocycles. The molecule has 286 valence electrons. The third kappa shape index (κ3) is 6.57. The molecule has 0 saturated heterocycles. The summed E-state index contributed by atoms with van der Waals surface area (Å²) >= 11 is 0. The third-order valence-electron chi connectivity index (χ3n) is 12.0. The lowest BCUT2D eigenvalue weighted by Gasteiger charge is -2.35. The Morgan fingerprint density at radius 1 is 0.397 bits per heavy atom. The van der Waals surface area contributed by atoms with Gasteiger partial charge in [-0.15, -0.1) is 0 Å². The first-order valence-corrected chi connectivity index (χ1v) is 20.7. The smallest absolute Gasteiger partial charge is 0.136 e. The average Bonchev–Trinajstić information content (AvgIpc) is 3.51. The maximum Gasteiger partial charge on any atom is 0.136 e. The molecule has 1 aliphatic rings. The molecule has 58 heavy (non-hydrogen) atoms. The fourth-order valence-electron chi connectivity index (χ4n) is 9.09. The molecule has 0 fully saturated rings. The second kappa shape index (κ2) is 14.8. The van der Waals surface area contributed by atoms with E-state index in [2.05, 4.69) is 188 Å². The van der Waals surface area contributed by atoms with Crippen LogP contribution in [0.5, 0.6) is 23.0 Å². The minimum absolute atomic E-state index is 0.525. The van der Waals surface area contributed by atoms with E-state index in [9.17, 15) is 0 Å². The molecule has 0 spiro atoms. The summed E-state index contributed by atoms with van der Waals surface area (Å²) in [7, 11) is 0. The average molecular weight is 755 g/mol. The van der Waals surface area contributed by atoms with Gasteiger partial charge in [0.2, 0.25) is 0 Å². The largest absolute Gasteiger partial charge is 0.457 e. The second-order valence-electron chi connectivity index (χ2n) is 16.3. The number of ether oxygens (including phenoxy) is 2. The highest BCUT2D eigenvalue weighted by molar-refractivity contribution is 5.98. The molecule has 8 aromatic rings. The molecule has 1 unspecified atom stereocenters. The number of rotatable bonds is 9. The summed E-state index contributed by atoms with van der Waals surface area (Å²) in [5.74, 6) is 3.23. The van der Waals surface area contributed by atoms with Crippen LogP contribution in [-0.4, -0.2) is 0 Å². The Morgan fingerprint density at radius 3 is 1.59 bits per heavy atom. The van der Waals surface area contributed by atoms with Crippen LogP contribution < -0.4 is 9.47 Å². The zero-order valence-electron chi connectivity index (χ0n) is 34.7. The summed E-state index contributed by atoms with van der Waals surface area (Å²) in [5.41, 5.74) is 18.1. The molecule has 0 N–H and O–H groups in total. The molecule has 0 bridgehead atoms. The lowest BCUT2D eigenvalue weighted by Crippen LogP contribution is -2.29. The van der Waals surface area contributed by atoms with Gasteiger partial charge in [-0.2, -0.15) is 0 Å². The Morgan fingerprint density at radius 2 is 0.966 bits per heavy atom. The molecular formula is C56H50O2. The van der Waals surface area contributed by atoms with Gasteiger partial charge in [-0.1, -0.05) is 139 Å². The maximum atomic E-state index is 6.86. The Balaban J connectivity index is 1.33. The van der Waals surface area contributed by atoms with Crippen LogP contribution in [0.15, 0.2) is 152 Å². The van der Waals surface area contributed by atoms with Gasteiger partial charge in [-0.25, -0.2) is 0 Å². The van der Waals surface area contributed by atoms with Crippen molar-refractivity contribution in [3.05, 3.63) is 213 Å². The minimum atomic E-state index is -0.525. The zero-order chi connectivity index (χ0) is 40.1. The van der Waals surface area contributed by atoms with Crippen LogP contribution >= 0.6 is 0 Å². The Labute approximate surface area is 343 Å². The standard InChI is InChI=1S/C56H50O2/c1-8-40-17-23-48-49-24-18-42(33-53(49)56(52(48)30-40,44-12-10-11-37(5)26-44)45-27-38(6)25-39(7)28-45)43-32-51-50(55(34-43)58-47-21-15-36(4)16-22-47)29-41(9-2)31-54(51)57-46-19-13-35(3)14-20-46/h10-34H,8-9H2,1-7H3. The summed E-state index contributed by atoms with van der Waals surface area (Å²) in [5, 5.41) is 2.03. The quantitative estimate of drug-likeness (QED) is 0.146. The number of fused-ring (bicyclic) bond motifs is 4. The normalized spacial score (nSPS) is 14.3. The molecule has 0 radical (unpaired) electrons. The summed E-state index contributed by atoms with van der Waals surface area (Å²) in [6.45, 7) is 15.3. The predicted octanol–water partition coefficient (Wildman–Crippen LogP) is 15.1. The Hall–Kier alpha value is -6.38. The van der Waals surface area contributed by atoms with Crippen LogP contribution in [0.25, 0.3) is 33.0 Å². The van der Waals surface area contributed by atoms with Crippen molar-refractivity contribution in [2.45, 2.75) is 66.7 Å². The fraction of sp³-hybridized carbons (Fsp3) is 0.179. The lowest BCUT2D eigenvalue weighted by molar-refractivity contribution is 0.482. The van der Waals surface area contributed by atoms with Crippen LogP contribution in [0.4, 0.5) is 0 Å². The van der Waals surface area contributed by atoms with Crippen LogP contribution in [-0.2, 0) is 18.3 Å². The van der Waals surface area contributed by atoms with Crippen molar-refractivity contribution in [2.75, 3.05) is 0 Å². The van der Waals surface area contributed by atoms with Crippen LogP contribution in [0.3, 0.4) is 0 Å². The molecule has 9 rings (SSSR count). The van der Waals surface area contributed by atoms with Gasteiger partial charge in [0.05, 0.1) is 5.41 Å². The van der Waals surface area contributed by atoms with Gasteiger partial charge < -0.3 is 9.47 Å². The van der Waals surface area contributed by atoms with Crippen LogP contribution in [0, 0.1) is 34.6 Å². The summed E-state index contributed by atoms with van der Waals surface area (Å²) < 4.78 is 13.6. The zero-order valence-corrected chi connectivity index (χ0v) is 34.7. The molecular weight excluding hydrogens is 705 g/mol. The first kappa shape index (κ1) is 37.2. The SMILES string of the molecule is CCc1ccc2c(c1)C(c1cccc(C)c1)(c1cc(C)cc(C)c1)c1cc(-c3cc(Oc4ccc(C)cc4)c4cc(CC)cc(Oc5ccc(C)cc5)c4c3)ccc1-2. The molecule has 0 saturated carbocycles. The second-order valence-corrected chi connectivity index (χ2v) is 16.3. The Kier molecular flexibility index (Phi) is 9.53. The molecule has 2 nitrogen and oxygen atoms in total. The van der Waals surface area contributed by atoms with E-state index in [1.807, 2.05) is 12.1 Å². The van der Waals surface area contributed by atoms with E-state index >= 15 is 0 Å². The van der Waals surface area contributed by atoms with Gasteiger partial charge >= 0.3 is 0 Å². The van der Waals surface area contributed by atoms with E-state index in [1.165, 1.54) is 72.3 Å². The number of benzene rings is 8. The topological polar surface area (TPSA) is 18.5 Å². The molecule has 1 aliphatic carbocycles. The molecule has 8 aromatic carbocycles. The van der Waals surface area contributed by atoms with Crippen molar-refractivity contribution < 1.29 is 9.47 Å². The molecule has 2 heteroatoms. The first-order chi connectivity index (χ1) is 28.1. The molecule has 0 amide bonds.